The van der Waals surface area contributed by atoms with Gasteiger partial charge >= 0.3 is 5.97 Å². The van der Waals surface area contributed by atoms with Crippen LogP contribution in [0.2, 0.25) is 0 Å². The Hall–Kier alpha value is -3.80. The number of aryl methyl sites for hydroxylation is 1. The van der Waals surface area contributed by atoms with E-state index in [0.717, 1.165) is 5.56 Å². The number of hydrogen-bond donors (Lipinski definition) is 1. The van der Waals surface area contributed by atoms with Crippen LogP contribution in [0.5, 0.6) is 11.5 Å². The van der Waals surface area contributed by atoms with Crippen LogP contribution in [-0.4, -0.2) is 31.2 Å². The molecule has 2 atom stereocenters. The van der Waals surface area contributed by atoms with E-state index >= 15 is 0 Å². The van der Waals surface area contributed by atoms with Crippen LogP contribution >= 0.6 is 0 Å². The lowest BCUT2D eigenvalue weighted by atomic mass is 9.79. The molecule has 1 aliphatic heterocycles. The summed E-state index contributed by atoms with van der Waals surface area (Å²) in [5, 5.41) is 10.2. The number of methoxy groups -OCH3 is 2. The molecule has 2 unspecified atom stereocenters. The molecule has 0 bridgehead atoms. The first kappa shape index (κ1) is 20.5. The predicted octanol–water partition coefficient (Wildman–Crippen LogP) is 4.58. The topological polar surface area (TPSA) is 76.1 Å². The molecular weight excluding hydrogens is 394 g/mol. The van der Waals surface area contributed by atoms with Crippen molar-refractivity contribution in [2.75, 3.05) is 19.1 Å². The van der Waals surface area contributed by atoms with Gasteiger partial charge in [-0.25, -0.2) is 0 Å². The smallest absolute Gasteiger partial charge is 0.313 e. The summed E-state index contributed by atoms with van der Waals surface area (Å²) in [7, 11) is 3.06. The SMILES string of the molecule is COc1ccc(C2C(C(=O)O)c3ccccc3C(=O)N2c2ccc(C)cc2)cc1OC. The van der Waals surface area contributed by atoms with Gasteiger partial charge in [0.05, 0.1) is 20.3 Å². The van der Waals surface area contributed by atoms with E-state index in [1.165, 1.54) is 14.2 Å². The second-order valence-electron chi connectivity index (χ2n) is 7.47. The van der Waals surface area contributed by atoms with Gasteiger partial charge in [0.1, 0.15) is 5.92 Å². The summed E-state index contributed by atoms with van der Waals surface area (Å²) in [4.78, 5) is 27.7. The number of rotatable bonds is 5. The average molecular weight is 417 g/mol. The summed E-state index contributed by atoms with van der Waals surface area (Å²) < 4.78 is 10.8. The van der Waals surface area contributed by atoms with E-state index in [2.05, 4.69) is 0 Å². The highest BCUT2D eigenvalue weighted by molar-refractivity contribution is 6.11. The van der Waals surface area contributed by atoms with Crippen molar-refractivity contribution in [3.8, 4) is 11.5 Å². The molecule has 3 aromatic rings. The maximum atomic E-state index is 13.6. The van der Waals surface area contributed by atoms with Gasteiger partial charge in [0.15, 0.2) is 11.5 Å². The fourth-order valence-electron chi connectivity index (χ4n) is 4.17. The molecule has 158 valence electrons. The molecule has 0 aromatic heterocycles. The van der Waals surface area contributed by atoms with E-state index < -0.39 is 17.9 Å². The van der Waals surface area contributed by atoms with E-state index in [4.69, 9.17) is 9.47 Å². The van der Waals surface area contributed by atoms with E-state index in [1.54, 1.807) is 47.4 Å². The lowest BCUT2D eigenvalue weighted by molar-refractivity contribution is -0.139. The normalized spacial score (nSPS) is 17.8. The number of benzene rings is 3. The Morgan fingerprint density at radius 1 is 0.935 bits per heavy atom. The van der Waals surface area contributed by atoms with Gasteiger partial charge in [-0.15, -0.1) is 0 Å². The number of anilines is 1. The predicted molar refractivity (Wildman–Crippen MR) is 117 cm³/mol. The zero-order valence-electron chi connectivity index (χ0n) is 17.5. The van der Waals surface area contributed by atoms with Crippen molar-refractivity contribution in [3.63, 3.8) is 0 Å². The molecule has 4 rings (SSSR count). The van der Waals surface area contributed by atoms with Crippen molar-refractivity contribution in [2.24, 2.45) is 0 Å². The molecule has 1 heterocycles. The van der Waals surface area contributed by atoms with Gasteiger partial charge < -0.3 is 14.6 Å². The minimum atomic E-state index is -1.00. The summed E-state index contributed by atoms with van der Waals surface area (Å²) in [5.74, 6) is -1.19. The van der Waals surface area contributed by atoms with Crippen LogP contribution in [-0.2, 0) is 4.79 Å². The van der Waals surface area contributed by atoms with Gasteiger partial charge in [0.2, 0.25) is 0 Å². The monoisotopic (exact) mass is 417 g/mol. The van der Waals surface area contributed by atoms with Crippen molar-refractivity contribution in [2.45, 2.75) is 18.9 Å². The van der Waals surface area contributed by atoms with Crippen LogP contribution in [0, 0.1) is 6.92 Å². The fourth-order valence-corrected chi connectivity index (χ4v) is 4.17. The number of carbonyl (C=O) groups excluding carboxylic acids is 1. The van der Waals surface area contributed by atoms with Crippen LogP contribution in [0.15, 0.2) is 66.7 Å². The maximum absolute atomic E-state index is 13.6. The van der Waals surface area contributed by atoms with E-state index in [0.29, 0.717) is 33.9 Å². The molecule has 0 radical (unpaired) electrons. The Morgan fingerprint density at radius 3 is 2.26 bits per heavy atom. The van der Waals surface area contributed by atoms with Crippen molar-refractivity contribution in [1.82, 2.24) is 0 Å². The van der Waals surface area contributed by atoms with Crippen LogP contribution in [0.4, 0.5) is 5.69 Å². The fraction of sp³-hybridized carbons (Fsp3) is 0.200. The Bertz CT molecular complexity index is 1140. The first-order valence-electron chi connectivity index (χ1n) is 9.90. The summed E-state index contributed by atoms with van der Waals surface area (Å²) in [5.41, 5.74) is 3.23. The second kappa shape index (κ2) is 8.14. The molecule has 6 nitrogen and oxygen atoms in total. The lowest BCUT2D eigenvalue weighted by Gasteiger charge is -2.41. The summed E-state index contributed by atoms with van der Waals surface area (Å²) in [6, 6.07) is 18.9. The van der Waals surface area contributed by atoms with Gasteiger partial charge in [-0.1, -0.05) is 42.0 Å². The van der Waals surface area contributed by atoms with E-state index in [9.17, 15) is 14.7 Å². The molecule has 1 aliphatic rings. The quantitative estimate of drug-likeness (QED) is 0.658. The molecular formula is C25H23NO5. The third-order valence-electron chi connectivity index (χ3n) is 5.67. The number of fused-ring (bicyclic) bond motifs is 1. The standard InChI is InChI=1S/C25H23NO5/c1-15-8-11-17(12-9-15)26-23(16-10-13-20(30-2)21(14-16)31-3)22(25(28)29)18-6-4-5-7-19(18)24(26)27/h4-14,22-23H,1-3H3,(H,28,29). The minimum absolute atomic E-state index is 0.239. The van der Waals surface area contributed by atoms with Crippen molar-refractivity contribution in [1.29, 1.82) is 0 Å². The Balaban J connectivity index is 1.98. The van der Waals surface area contributed by atoms with E-state index in [1.807, 2.05) is 31.2 Å². The number of aliphatic carboxylic acids is 1. The number of carboxylic acid groups (broad SMARTS) is 1. The number of nitrogens with zero attached hydrogens (tertiary/aromatic N) is 1. The van der Waals surface area contributed by atoms with Gasteiger partial charge in [-0.3, -0.25) is 14.5 Å². The highest BCUT2D eigenvalue weighted by Gasteiger charge is 2.45. The minimum Gasteiger partial charge on any atom is -0.493 e. The Labute approximate surface area is 180 Å². The zero-order chi connectivity index (χ0) is 22.1. The molecule has 0 saturated carbocycles. The molecule has 0 fully saturated rings. The first-order valence-corrected chi connectivity index (χ1v) is 9.90. The van der Waals surface area contributed by atoms with Crippen molar-refractivity contribution < 1.29 is 24.2 Å². The summed E-state index contributed by atoms with van der Waals surface area (Å²) in [6.45, 7) is 1.96. The molecule has 1 N–H and O–H groups in total. The lowest BCUT2D eigenvalue weighted by Crippen LogP contribution is -2.45. The number of amides is 1. The highest BCUT2D eigenvalue weighted by Crippen LogP contribution is 2.46. The van der Waals surface area contributed by atoms with Gasteiger partial charge in [0, 0.05) is 11.3 Å². The molecule has 0 saturated heterocycles. The molecule has 1 amide bonds. The number of ether oxygens (including phenoxy) is 2. The molecule has 6 heteroatoms. The van der Waals surface area contributed by atoms with Crippen molar-refractivity contribution >= 4 is 17.6 Å². The average Bonchev–Trinajstić information content (AvgIpc) is 2.79. The molecule has 31 heavy (non-hydrogen) atoms. The number of carbonyl (C=O) groups is 2. The second-order valence-corrected chi connectivity index (χ2v) is 7.47. The third-order valence-corrected chi connectivity index (χ3v) is 5.67. The van der Waals surface area contributed by atoms with Gasteiger partial charge in [-0.2, -0.15) is 0 Å². The largest absolute Gasteiger partial charge is 0.493 e. The van der Waals surface area contributed by atoms with Crippen LogP contribution in [0.25, 0.3) is 0 Å². The molecule has 3 aromatic carbocycles. The van der Waals surface area contributed by atoms with Crippen LogP contribution in [0.1, 0.15) is 39.0 Å². The van der Waals surface area contributed by atoms with Crippen LogP contribution < -0.4 is 14.4 Å². The summed E-state index contributed by atoms with van der Waals surface area (Å²) >= 11 is 0. The Kier molecular flexibility index (Phi) is 5.38. The zero-order valence-corrected chi connectivity index (χ0v) is 17.5. The molecule has 0 spiro atoms. The first-order chi connectivity index (χ1) is 15.0. The Morgan fingerprint density at radius 2 is 1.61 bits per heavy atom. The van der Waals surface area contributed by atoms with Crippen LogP contribution in [0.3, 0.4) is 0 Å². The molecule has 0 aliphatic carbocycles. The van der Waals surface area contributed by atoms with E-state index in [-0.39, 0.29) is 5.91 Å². The van der Waals surface area contributed by atoms with Crippen molar-refractivity contribution in [3.05, 3.63) is 89.0 Å². The number of hydrogen-bond acceptors (Lipinski definition) is 4. The number of carboxylic acids is 1. The maximum Gasteiger partial charge on any atom is 0.313 e. The highest BCUT2D eigenvalue weighted by atomic mass is 16.5. The summed E-state index contributed by atoms with van der Waals surface area (Å²) in [6.07, 6.45) is 0. The van der Waals surface area contributed by atoms with Gasteiger partial charge in [0.25, 0.3) is 5.91 Å². The van der Waals surface area contributed by atoms with Gasteiger partial charge in [-0.05, 0) is 48.4 Å². The third kappa shape index (κ3) is 3.50.